The summed E-state index contributed by atoms with van der Waals surface area (Å²) < 4.78 is 37.2. The van der Waals surface area contributed by atoms with Crippen molar-refractivity contribution in [2.45, 2.75) is 44.8 Å². The molecule has 2 aliphatic heterocycles. The van der Waals surface area contributed by atoms with Gasteiger partial charge in [0.05, 0.1) is 18.2 Å². The van der Waals surface area contributed by atoms with Crippen LogP contribution in [0, 0.1) is 11.3 Å². The number of halogens is 3. The molecule has 6 nitrogen and oxygen atoms in total. The third kappa shape index (κ3) is 5.06. The molecule has 0 radical (unpaired) electrons. The molecule has 0 aromatic carbocycles. The molecule has 3 heterocycles. The minimum Gasteiger partial charge on any atom is -0.475 e. The lowest BCUT2D eigenvalue weighted by Gasteiger charge is -2.37. The highest BCUT2D eigenvalue weighted by Gasteiger charge is 2.48. The summed E-state index contributed by atoms with van der Waals surface area (Å²) in [5.74, 6) is -0.471. The first-order valence-corrected chi connectivity index (χ1v) is 9.54. The lowest BCUT2D eigenvalue weighted by Crippen LogP contribution is -2.44. The number of alkyl halides is 3. The Kier molecular flexibility index (Phi) is 6.02. The van der Waals surface area contributed by atoms with E-state index in [1.807, 2.05) is 12.1 Å². The second kappa shape index (κ2) is 8.14. The van der Waals surface area contributed by atoms with Crippen molar-refractivity contribution in [1.82, 2.24) is 9.80 Å². The molecule has 4 rings (SSSR count). The Morgan fingerprint density at radius 2 is 1.82 bits per heavy atom. The normalized spacial score (nSPS) is 22.2. The SMILES string of the molecule is O=C(O)C(F)(F)F.O=C1N(CC2CC2)CCC12CCN(Cc1ccco1)CC2. The lowest BCUT2D eigenvalue weighted by atomic mass is 9.77. The molecule has 1 aromatic rings. The highest BCUT2D eigenvalue weighted by molar-refractivity contribution is 5.85. The minimum atomic E-state index is -5.08. The smallest absolute Gasteiger partial charge is 0.475 e. The first-order valence-electron chi connectivity index (χ1n) is 9.54. The van der Waals surface area contributed by atoms with Gasteiger partial charge in [-0.25, -0.2) is 4.79 Å². The van der Waals surface area contributed by atoms with Crippen molar-refractivity contribution in [2.75, 3.05) is 26.2 Å². The van der Waals surface area contributed by atoms with Crippen molar-refractivity contribution in [2.24, 2.45) is 11.3 Å². The van der Waals surface area contributed by atoms with Gasteiger partial charge in [0.15, 0.2) is 0 Å². The molecule has 1 aliphatic carbocycles. The zero-order chi connectivity index (χ0) is 20.4. The van der Waals surface area contributed by atoms with Gasteiger partial charge in [0.1, 0.15) is 5.76 Å². The molecule has 0 unspecified atom stereocenters. The molecule has 28 heavy (non-hydrogen) atoms. The largest absolute Gasteiger partial charge is 0.490 e. The molecule has 156 valence electrons. The van der Waals surface area contributed by atoms with Crippen molar-refractivity contribution in [3.63, 3.8) is 0 Å². The second-order valence-electron chi connectivity index (χ2n) is 7.88. The summed E-state index contributed by atoms with van der Waals surface area (Å²) in [6, 6.07) is 3.97. The molecule has 1 aromatic heterocycles. The van der Waals surface area contributed by atoms with Crippen molar-refractivity contribution < 1.29 is 32.3 Å². The number of amides is 1. The maximum absolute atomic E-state index is 12.8. The number of piperidine rings is 1. The van der Waals surface area contributed by atoms with Crippen molar-refractivity contribution >= 4 is 11.9 Å². The van der Waals surface area contributed by atoms with Crippen LogP contribution in [0.4, 0.5) is 13.2 Å². The second-order valence-corrected chi connectivity index (χ2v) is 7.88. The third-order valence-corrected chi connectivity index (χ3v) is 5.79. The van der Waals surface area contributed by atoms with E-state index in [-0.39, 0.29) is 5.41 Å². The van der Waals surface area contributed by atoms with Crippen LogP contribution in [0.3, 0.4) is 0 Å². The summed E-state index contributed by atoms with van der Waals surface area (Å²) in [6.45, 7) is 4.93. The van der Waals surface area contributed by atoms with E-state index in [4.69, 9.17) is 14.3 Å². The van der Waals surface area contributed by atoms with Crippen LogP contribution < -0.4 is 0 Å². The standard InChI is InChI=1S/C17H24N2O2.C2HF3O2/c20-16-17(7-10-19(16)12-14-3-4-14)5-8-18(9-6-17)13-15-2-1-11-21-15;3-2(4,5)1(6)7/h1-2,11,14H,3-10,12-13H2;(H,6,7). The molecular weight excluding hydrogens is 377 g/mol. The molecule has 9 heteroatoms. The summed E-state index contributed by atoms with van der Waals surface area (Å²) in [5, 5.41) is 7.12. The van der Waals surface area contributed by atoms with Gasteiger partial charge in [0, 0.05) is 13.1 Å². The van der Waals surface area contributed by atoms with Crippen LogP contribution >= 0.6 is 0 Å². The van der Waals surface area contributed by atoms with Crippen LogP contribution in [0.1, 0.15) is 37.9 Å². The van der Waals surface area contributed by atoms with Crippen molar-refractivity contribution in [1.29, 1.82) is 0 Å². The molecule has 2 saturated heterocycles. The van der Waals surface area contributed by atoms with Crippen LogP contribution in [0.15, 0.2) is 22.8 Å². The van der Waals surface area contributed by atoms with Crippen molar-refractivity contribution in [3.8, 4) is 0 Å². The molecule has 3 fully saturated rings. The Bertz CT molecular complexity index is 678. The molecule has 0 atom stereocenters. The summed E-state index contributed by atoms with van der Waals surface area (Å²) in [6.07, 6.45) is 2.42. The predicted octanol–water partition coefficient (Wildman–Crippen LogP) is 3.14. The highest BCUT2D eigenvalue weighted by Crippen LogP contribution is 2.43. The zero-order valence-corrected chi connectivity index (χ0v) is 15.6. The van der Waals surface area contributed by atoms with Crippen LogP contribution in [0.5, 0.6) is 0 Å². The highest BCUT2D eigenvalue weighted by atomic mass is 19.4. The number of nitrogens with zero attached hydrogens (tertiary/aromatic N) is 2. The summed E-state index contributed by atoms with van der Waals surface area (Å²) >= 11 is 0. The predicted molar refractivity (Wildman–Crippen MR) is 93.3 cm³/mol. The Morgan fingerprint density at radius 1 is 1.21 bits per heavy atom. The Balaban J connectivity index is 0.000000279. The van der Waals surface area contributed by atoms with Gasteiger partial charge in [0.2, 0.25) is 5.91 Å². The van der Waals surface area contributed by atoms with E-state index < -0.39 is 12.1 Å². The number of rotatable bonds is 4. The van der Waals surface area contributed by atoms with Crippen LogP contribution in [0.25, 0.3) is 0 Å². The summed E-state index contributed by atoms with van der Waals surface area (Å²) in [7, 11) is 0. The molecule has 1 N–H and O–H groups in total. The number of carboxylic acids is 1. The van der Waals surface area contributed by atoms with E-state index in [2.05, 4.69) is 9.80 Å². The number of furan rings is 1. The Morgan fingerprint density at radius 3 is 2.32 bits per heavy atom. The van der Waals surface area contributed by atoms with E-state index in [1.54, 1.807) is 6.26 Å². The van der Waals surface area contributed by atoms with E-state index in [0.717, 1.165) is 63.7 Å². The number of aliphatic carboxylic acids is 1. The fraction of sp³-hybridized carbons (Fsp3) is 0.684. The number of carbonyl (C=O) groups is 2. The number of carbonyl (C=O) groups excluding carboxylic acids is 1. The first kappa shape index (κ1) is 20.7. The van der Waals surface area contributed by atoms with Crippen LogP contribution in [0.2, 0.25) is 0 Å². The van der Waals surface area contributed by atoms with Gasteiger partial charge in [0.25, 0.3) is 0 Å². The van der Waals surface area contributed by atoms with E-state index in [9.17, 15) is 18.0 Å². The summed E-state index contributed by atoms with van der Waals surface area (Å²) in [4.78, 5) is 26.2. The fourth-order valence-electron chi connectivity index (χ4n) is 3.91. The number of carboxylic acid groups (broad SMARTS) is 1. The molecular formula is C19H25F3N2O4. The van der Waals surface area contributed by atoms with Crippen LogP contribution in [-0.2, 0) is 16.1 Å². The van der Waals surface area contributed by atoms with Gasteiger partial charge in [-0.1, -0.05) is 0 Å². The Hall–Kier alpha value is -2.03. The molecule has 0 bridgehead atoms. The average molecular weight is 402 g/mol. The molecule has 3 aliphatic rings. The van der Waals surface area contributed by atoms with Crippen molar-refractivity contribution in [3.05, 3.63) is 24.2 Å². The van der Waals surface area contributed by atoms with Crippen LogP contribution in [-0.4, -0.2) is 59.1 Å². The third-order valence-electron chi connectivity index (χ3n) is 5.79. The number of likely N-dealkylation sites (tertiary alicyclic amines) is 2. The number of hydrogen-bond acceptors (Lipinski definition) is 4. The maximum Gasteiger partial charge on any atom is 0.490 e. The fourth-order valence-corrected chi connectivity index (χ4v) is 3.91. The van der Waals surface area contributed by atoms with Gasteiger partial charge in [-0.3, -0.25) is 9.69 Å². The van der Waals surface area contributed by atoms with Gasteiger partial charge in [-0.15, -0.1) is 0 Å². The minimum absolute atomic E-state index is 0.0332. The molecule has 1 spiro atoms. The zero-order valence-electron chi connectivity index (χ0n) is 15.6. The monoisotopic (exact) mass is 402 g/mol. The quantitative estimate of drug-likeness (QED) is 0.838. The summed E-state index contributed by atoms with van der Waals surface area (Å²) in [5.41, 5.74) is -0.0332. The lowest BCUT2D eigenvalue weighted by molar-refractivity contribution is -0.192. The maximum atomic E-state index is 12.8. The molecule has 1 saturated carbocycles. The van der Waals surface area contributed by atoms with E-state index >= 15 is 0 Å². The Labute approximate surface area is 161 Å². The van der Waals surface area contributed by atoms with Gasteiger partial charge in [-0.05, 0) is 63.2 Å². The van der Waals surface area contributed by atoms with Gasteiger partial charge < -0.3 is 14.4 Å². The van der Waals surface area contributed by atoms with E-state index in [0.29, 0.717) is 5.91 Å². The topological polar surface area (TPSA) is 74.0 Å². The van der Waals surface area contributed by atoms with Gasteiger partial charge >= 0.3 is 12.1 Å². The molecule has 1 amide bonds. The van der Waals surface area contributed by atoms with Gasteiger partial charge in [-0.2, -0.15) is 13.2 Å². The van der Waals surface area contributed by atoms with E-state index in [1.165, 1.54) is 12.8 Å². The number of hydrogen-bond donors (Lipinski definition) is 1. The average Bonchev–Trinajstić information content (AvgIpc) is 3.23. The first-order chi connectivity index (χ1) is 13.2.